The second-order valence-electron chi connectivity index (χ2n) is 8.02. The minimum Gasteiger partial charge on any atom is -0.497 e. The molecule has 174 valence electrons. The number of hydrogen-bond acceptors (Lipinski definition) is 5. The molecular weight excluding hydrogens is 416 g/mol. The molecule has 1 aliphatic heterocycles. The van der Waals surface area contributed by atoms with Gasteiger partial charge in [0, 0.05) is 32.1 Å². The minimum atomic E-state index is 0.292. The van der Waals surface area contributed by atoms with Gasteiger partial charge in [0.05, 0.1) is 32.7 Å². The Morgan fingerprint density at radius 1 is 1.06 bits per heavy atom. The Bertz CT molecular complexity index is 1020. The predicted octanol–water partition coefficient (Wildman–Crippen LogP) is 3.85. The topological polar surface area (TPSA) is 71.3 Å². The maximum Gasteiger partial charge on any atom is 0.191 e. The van der Waals surface area contributed by atoms with Crippen molar-refractivity contribution >= 4 is 11.6 Å². The highest BCUT2D eigenvalue weighted by Gasteiger charge is 2.25. The molecule has 1 aromatic heterocycles. The molecule has 1 saturated heterocycles. The second kappa shape index (κ2) is 11.3. The molecule has 0 saturated carbocycles. The van der Waals surface area contributed by atoms with Gasteiger partial charge in [0.2, 0.25) is 0 Å². The summed E-state index contributed by atoms with van der Waals surface area (Å²) >= 11 is 0. The minimum absolute atomic E-state index is 0.292. The zero-order valence-corrected chi connectivity index (χ0v) is 19.3. The van der Waals surface area contributed by atoms with Crippen LogP contribution in [0.5, 0.6) is 11.5 Å². The Kier molecular flexibility index (Phi) is 7.74. The lowest BCUT2D eigenvalue weighted by Crippen LogP contribution is -2.45. The lowest BCUT2D eigenvalue weighted by atomic mass is 10.2. The molecule has 7 nitrogen and oxygen atoms in total. The first-order valence-electron chi connectivity index (χ1n) is 11.3. The monoisotopic (exact) mass is 448 g/mol. The molecule has 4 rings (SSSR count). The van der Waals surface area contributed by atoms with Gasteiger partial charge in [-0.3, -0.25) is 0 Å². The standard InChI is InChI=1S/C26H32N4O3/c1-31-22-11-9-20(10-12-22)18-28-26(27-15-13-23-6-5-17-33-23)29-21-14-16-30(19-21)24-7-3-4-8-25(24)32-2/h3-12,17,21H,13-16,18-19H2,1-2H3,(H2,27,28,29). The van der Waals surface area contributed by atoms with Gasteiger partial charge in [-0.05, 0) is 48.4 Å². The van der Waals surface area contributed by atoms with Gasteiger partial charge in [0.15, 0.2) is 5.96 Å². The van der Waals surface area contributed by atoms with Crippen LogP contribution in [0.25, 0.3) is 0 Å². The van der Waals surface area contributed by atoms with Gasteiger partial charge in [-0.25, -0.2) is 4.99 Å². The van der Waals surface area contributed by atoms with Crippen LogP contribution in [-0.4, -0.2) is 45.9 Å². The summed E-state index contributed by atoms with van der Waals surface area (Å²) < 4.78 is 16.3. The van der Waals surface area contributed by atoms with Crippen molar-refractivity contribution in [2.24, 2.45) is 4.99 Å². The molecule has 7 heteroatoms. The van der Waals surface area contributed by atoms with E-state index in [1.54, 1.807) is 20.5 Å². The third kappa shape index (κ3) is 6.22. The molecule has 1 fully saturated rings. The quantitative estimate of drug-likeness (QED) is 0.383. The van der Waals surface area contributed by atoms with Gasteiger partial charge in [-0.15, -0.1) is 0 Å². The number of nitrogens with zero attached hydrogens (tertiary/aromatic N) is 2. The Hall–Kier alpha value is -3.61. The van der Waals surface area contributed by atoms with E-state index in [1.165, 1.54) is 0 Å². The van der Waals surface area contributed by atoms with Crippen molar-refractivity contribution in [1.82, 2.24) is 10.6 Å². The van der Waals surface area contributed by atoms with Crippen LogP contribution in [0.2, 0.25) is 0 Å². The first-order chi connectivity index (χ1) is 16.2. The Labute approximate surface area is 195 Å². The Balaban J connectivity index is 1.39. The molecule has 0 radical (unpaired) electrons. The average molecular weight is 449 g/mol. The summed E-state index contributed by atoms with van der Waals surface area (Å²) in [7, 11) is 3.39. The highest BCUT2D eigenvalue weighted by Crippen LogP contribution is 2.30. The van der Waals surface area contributed by atoms with E-state index in [0.717, 1.165) is 66.9 Å². The number of ether oxygens (including phenoxy) is 2. The van der Waals surface area contributed by atoms with Crippen molar-refractivity contribution < 1.29 is 13.9 Å². The third-order valence-electron chi connectivity index (χ3n) is 5.78. The first-order valence-corrected chi connectivity index (χ1v) is 11.3. The Morgan fingerprint density at radius 3 is 2.67 bits per heavy atom. The number of anilines is 1. The van der Waals surface area contributed by atoms with Crippen molar-refractivity contribution in [3.05, 3.63) is 78.3 Å². The first kappa shape index (κ1) is 22.6. The molecule has 0 amide bonds. The van der Waals surface area contributed by atoms with Gasteiger partial charge in [-0.2, -0.15) is 0 Å². The molecule has 3 aromatic rings. The van der Waals surface area contributed by atoms with Gasteiger partial charge < -0.3 is 29.4 Å². The predicted molar refractivity (Wildman–Crippen MR) is 131 cm³/mol. The van der Waals surface area contributed by atoms with E-state index in [-0.39, 0.29) is 0 Å². The van der Waals surface area contributed by atoms with Gasteiger partial charge in [0.1, 0.15) is 17.3 Å². The summed E-state index contributed by atoms with van der Waals surface area (Å²) in [5, 5.41) is 7.09. The summed E-state index contributed by atoms with van der Waals surface area (Å²) in [5.41, 5.74) is 2.26. The van der Waals surface area contributed by atoms with E-state index < -0.39 is 0 Å². The number of aliphatic imine (C=N–C) groups is 1. The van der Waals surface area contributed by atoms with Crippen LogP contribution >= 0.6 is 0 Å². The van der Waals surface area contributed by atoms with Crippen molar-refractivity contribution in [3.63, 3.8) is 0 Å². The number of nitrogens with one attached hydrogen (secondary N) is 2. The number of guanidine groups is 1. The normalized spacial score (nSPS) is 16.0. The highest BCUT2D eigenvalue weighted by atomic mass is 16.5. The number of benzene rings is 2. The van der Waals surface area contributed by atoms with Gasteiger partial charge in [-0.1, -0.05) is 24.3 Å². The van der Waals surface area contributed by atoms with Crippen LogP contribution in [0.15, 0.2) is 76.3 Å². The fourth-order valence-electron chi connectivity index (χ4n) is 3.99. The molecular formula is C26H32N4O3. The van der Waals surface area contributed by atoms with Crippen molar-refractivity contribution in [3.8, 4) is 11.5 Å². The maximum atomic E-state index is 5.55. The highest BCUT2D eigenvalue weighted by molar-refractivity contribution is 5.80. The summed E-state index contributed by atoms with van der Waals surface area (Å²) in [4.78, 5) is 7.20. The molecule has 1 atom stereocenters. The van der Waals surface area contributed by atoms with Crippen molar-refractivity contribution in [2.75, 3.05) is 38.8 Å². The molecule has 2 N–H and O–H groups in total. The fourth-order valence-corrected chi connectivity index (χ4v) is 3.99. The van der Waals surface area contributed by atoms with Crippen molar-refractivity contribution in [2.45, 2.75) is 25.4 Å². The van der Waals surface area contributed by atoms with Gasteiger partial charge in [0.25, 0.3) is 0 Å². The number of furan rings is 1. The smallest absolute Gasteiger partial charge is 0.191 e. The molecule has 1 aliphatic rings. The van der Waals surface area contributed by atoms with Gasteiger partial charge >= 0.3 is 0 Å². The number of hydrogen-bond donors (Lipinski definition) is 2. The maximum absolute atomic E-state index is 5.55. The zero-order chi connectivity index (χ0) is 22.9. The van der Waals surface area contributed by atoms with E-state index in [9.17, 15) is 0 Å². The molecule has 2 heterocycles. The van der Waals surface area contributed by atoms with Crippen LogP contribution < -0.4 is 25.0 Å². The van der Waals surface area contributed by atoms with E-state index in [2.05, 4.69) is 27.7 Å². The molecule has 2 aromatic carbocycles. The largest absolute Gasteiger partial charge is 0.497 e. The lowest BCUT2D eigenvalue weighted by Gasteiger charge is -2.22. The van der Waals surface area contributed by atoms with E-state index >= 15 is 0 Å². The van der Waals surface area contributed by atoms with E-state index in [1.807, 2.05) is 48.5 Å². The molecule has 33 heavy (non-hydrogen) atoms. The molecule has 1 unspecified atom stereocenters. The fraction of sp³-hybridized carbons (Fsp3) is 0.346. The summed E-state index contributed by atoms with van der Waals surface area (Å²) in [6.07, 6.45) is 3.53. The lowest BCUT2D eigenvalue weighted by molar-refractivity contribution is 0.414. The summed E-state index contributed by atoms with van der Waals surface area (Å²) in [6, 6.07) is 20.4. The Morgan fingerprint density at radius 2 is 1.91 bits per heavy atom. The zero-order valence-electron chi connectivity index (χ0n) is 19.3. The molecule has 0 bridgehead atoms. The van der Waals surface area contributed by atoms with Crippen LogP contribution in [0.3, 0.4) is 0 Å². The number of para-hydroxylation sites is 2. The number of rotatable bonds is 9. The summed E-state index contributed by atoms with van der Waals surface area (Å²) in [5.74, 6) is 3.52. The van der Waals surface area contributed by atoms with Crippen LogP contribution in [0, 0.1) is 0 Å². The third-order valence-corrected chi connectivity index (χ3v) is 5.78. The SMILES string of the molecule is COc1ccc(CN=C(NCCc2ccco2)NC2CCN(c3ccccc3OC)C2)cc1. The van der Waals surface area contributed by atoms with Crippen molar-refractivity contribution in [1.29, 1.82) is 0 Å². The van der Waals surface area contributed by atoms with Crippen LogP contribution in [0.4, 0.5) is 5.69 Å². The molecule has 0 spiro atoms. The summed E-state index contributed by atoms with van der Waals surface area (Å²) in [6.45, 7) is 3.19. The second-order valence-corrected chi connectivity index (χ2v) is 8.02. The molecule has 0 aliphatic carbocycles. The average Bonchev–Trinajstić information content (AvgIpc) is 3.55. The van der Waals surface area contributed by atoms with Crippen LogP contribution in [-0.2, 0) is 13.0 Å². The van der Waals surface area contributed by atoms with E-state index in [0.29, 0.717) is 12.6 Å². The van der Waals surface area contributed by atoms with Crippen LogP contribution in [0.1, 0.15) is 17.7 Å². The number of methoxy groups -OCH3 is 2. The van der Waals surface area contributed by atoms with E-state index in [4.69, 9.17) is 18.9 Å².